The summed E-state index contributed by atoms with van der Waals surface area (Å²) in [5.74, 6) is 0.903. The minimum atomic E-state index is 0.264. The highest BCUT2D eigenvalue weighted by atomic mass is 32.2. The quantitative estimate of drug-likeness (QED) is 0.915. The molecule has 0 bridgehead atoms. The minimum absolute atomic E-state index is 0.264. The normalized spacial score (nSPS) is 10.7. The highest BCUT2D eigenvalue weighted by Gasteiger charge is 2.11. The van der Waals surface area contributed by atoms with Crippen LogP contribution in [0.3, 0.4) is 0 Å². The van der Waals surface area contributed by atoms with E-state index in [0.717, 1.165) is 18.0 Å². The molecule has 6 heteroatoms. The van der Waals surface area contributed by atoms with Gasteiger partial charge in [-0.25, -0.2) is 0 Å². The molecule has 0 unspecified atom stereocenters. The number of nitrogens with two attached hydrogens (primary N) is 1. The lowest BCUT2D eigenvalue weighted by Gasteiger charge is -2.18. The first kappa shape index (κ1) is 15.6. The maximum absolute atomic E-state index is 5.83. The van der Waals surface area contributed by atoms with Crippen LogP contribution in [0.1, 0.15) is 25.0 Å². The third kappa shape index (κ3) is 3.85. The molecular formula is C15H21N5S. The van der Waals surface area contributed by atoms with E-state index >= 15 is 0 Å². The van der Waals surface area contributed by atoms with E-state index in [1.807, 2.05) is 0 Å². The zero-order valence-electron chi connectivity index (χ0n) is 12.9. The third-order valence-corrected chi connectivity index (χ3v) is 4.24. The van der Waals surface area contributed by atoms with Crippen molar-refractivity contribution in [2.45, 2.75) is 37.7 Å². The standard InChI is InChI=1S/C15H21N5S/c1-5-20(6-2)14-17-13(16)18-15(19-14)21-12-9-10(3)7-8-11(12)4/h7-9H,5-6H2,1-4H3,(H2,16,17,18,19). The van der Waals surface area contributed by atoms with E-state index in [2.05, 4.69) is 65.7 Å². The molecular weight excluding hydrogens is 282 g/mol. The summed E-state index contributed by atoms with van der Waals surface area (Å²) in [6, 6.07) is 6.34. The largest absolute Gasteiger partial charge is 0.368 e. The van der Waals surface area contributed by atoms with E-state index < -0.39 is 0 Å². The van der Waals surface area contributed by atoms with Crippen molar-refractivity contribution in [3.05, 3.63) is 29.3 Å². The number of nitrogen functional groups attached to an aromatic ring is 1. The lowest BCUT2D eigenvalue weighted by Crippen LogP contribution is -2.25. The molecule has 112 valence electrons. The van der Waals surface area contributed by atoms with Crippen LogP contribution < -0.4 is 10.6 Å². The van der Waals surface area contributed by atoms with Gasteiger partial charge in [-0.1, -0.05) is 12.1 Å². The van der Waals surface area contributed by atoms with Crippen LogP contribution in [0.15, 0.2) is 28.3 Å². The number of aryl methyl sites for hydroxylation is 2. The monoisotopic (exact) mass is 303 g/mol. The molecule has 0 aliphatic heterocycles. The molecule has 2 rings (SSSR count). The van der Waals surface area contributed by atoms with Gasteiger partial charge < -0.3 is 10.6 Å². The number of nitrogens with zero attached hydrogens (tertiary/aromatic N) is 4. The van der Waals surface area contributed by atoms with Gasteiger partial charge in [0.2, 0.25) is 11.9 Å². The molecule has 0 fully saturated rings. The van der Waals surface area contributed by atoms with Gasteiger partial charge in [0.25, 0.3) is 0 Å². The molecule has 21 heavy (non-hydrogen) atoms. The summed E-state index contributed by atoms with van der Waals surface area (Å²) in [5.41, 5.74) is 8.25. The molecule has 0 saturated carbocycles. The van der Waals surface area contributed by atoms with Gasteiger partial charge >= 0.3 is 0 Å². The summed E-state index contributed by atoms with van der Waals surface area (Å²) in [6.07, 6.45) is 0. The van der Waals surface area contributed by atoms with Crippen molar-refractivity contribution in [3.63, 3.8) is 0 Å². The molecule has 0 spiro atoms. The second kappa shape index (κ2) is 6.76. The van der Waals surface area contributed by atoms with Gasteiger partial charge in [0.05, 0.1) is 0 Å². The lowest BCUT2D eigenvalue weighted by molar-refractivity contribution is 0.786. The number of hydrogen-bond donors (Lipinski definition) is 1. The molecule has 1 heterocycles. The van der Waals surface area contributed by atoms with Gasteiger partial charge in [0.15, 0.2) is 5.16 Å². The van der Waals surface area contributed by atoms with Crippen LogP contribution in [0.4, 0.5) is 11.9 Å². The Kier molecular flexibility index (Phi) is 5.01. The Hall–Kier alpha value is -1.82. The predicted octanol–water partition coefficient (Wildman–Crippen LogP) is 3.07. The molecule has 1 aromatic carbocycles. The van der Waals surface area contributed by atoms with Crippen molar-refractivity contribution in [1.82, 2.24) is 15.0 Å². The van der Waals surface area contributed by atoms with Crippen LogP contribution in [-0.4, -0.2) is 28.0 Å². The number of aromatic nitrogens is 3. The first-order valence-corrected chi connectivity index (χ1v) is 7.86. The smallest absolute Gasteiger partial charge is 0.231 e. The highest BCUT2D eigenvalue weighted by Crippen LogP contribution is 2.29. The van der Waals surface area contributed by atoms with Crippen molar-refractivity contribution < 1.29 is 0 Å². The Balaban J connectivity index is 2.34. The Labute approximate surface area is 130 Å². The first-order valence-electron chi connectivity index (χ1n) is 7.05. The molecule has 0 amide bonds. The highest BCUT2D eigenvalue weighted by molar-refractivity contribution is 7.99. The number of anilines is 2. The van der Waals surface area contributed by atoms with E-state index in [4.69, 9.17) is 5.73 Å². The molecule has 5 nitrogen and oxygen atoms in total. The van der Waals surface area contributed by atoms with Crippen molar-refractivity contribution >= 4 is 23.7 Å². The zero-order chi connectivity index (χ0) is 15.4. The van der Waals surface area contributed by atoms with Crippen molar-refractivity contribution in [2.24, 2.45) is 0 Å². The summed E-state index contributed by atoms with van der Waals surface area (Å²) < 4.78 is 0. The maximum atomic E-state index is 5.83. The molecule has 0 radical (unpaired) electrons. The molecule has 0 aliphatic rings. The Morgan fingerprint density at radius 2 is 1.81 bits per heavy atom. The fourth-order valence-corrected chi connectivity index (χ4v) is 2.91. The van der Waals surface area contributed by atoms with Crippen LogP contribution in [-0.2, 0) is 0 Å². The summed E-state index contributed by atoms with van der Waals surface area (Å²) >= 11 is 1.53. The van der Waals surface area contributed by atoms with Crippen molar-refractivity contribution in [2.75, 3.05) is 23.7 Å². The number of rotatable bonds is 5. The lowest BCUT2D eigenvalue weighted by atomic mass is 10.2. The van der Waals surface area contributed by atoms with Crippen LogP contribution in [0.2, 0.25) is 0 Å². The van der Waals surface area contributed by atoms with Crippen LogP contribution in [0, 0.1) is 13.8 Å². The first-order chi connectivity index (χ1) is 10.0. The van der Waals surface area contributed by atoms with Crippen LogP contribution in [0.5, 0.6) is 0 Å². The average Bonchev–Trinajstić information content (AvgIpc) is 2.44. The van der Waals surface area contributed by atoms with Gasteiger partial charge in [-0.15, -0.1) is 0 Å². The molecule has 0 atom stereocenters. The fourth-order valence-electron chi connectivity index (χ4n) is 1.97. The van der Waals surface area contributed by atoms with Gasteiger partial charge in [-0.3, -0.25) is 0 Å². The van der Waals surface area contributed by atoms with Gasteiger partial charge in [0, 0.05) is 18.0 Å². The predicted molar refractivity (Wildman–Crippen MR) is 87.8 cm³/mol. The second-order valence-electron chi connectivity index (χ2n) is 4.82. The summed E-state index contributed by atoms with van der Waals surface area (Å²) in [4.78, 5) is 16.2. The van der Waals surface area contributed by atoms with Gasteiger partial charge in [-0.05, 0) is 56.7 Å². The van der Waals surface area contributed by atoms with E-state index in [0.29, 0.717) is 11.1 Å². The van der Waals surface area contributed by atoms with E-state index in [9.17, 15) is 0 Å². The Bertz CT molecular complexity index is 625. The van der Waals surface area contributed by atoms with Crippen molar-refractivity contribution in [1.29, 1.82) is 0 Å². The summed E-state index contributed by atoms with van der Waals surface area (Å²) in [5, 5.41) is 0.637. The van der Waals surface area contributed by atoms with Crippen LogP contribution in [0.25, 0.3) is 0 Å². The fraction of sp³-hybridized carbons (Fsp3) is 0.400. The van der Waals surface area contributed by atoms with Crippen molar-refractivity contribution in [3.8, 4) is 0 Å². The number of hydrogen-bond acceptors (Lipinski definition) is 6. The van der Waals surface area contributed by atoms with Gasteiger partial charge in [0.1, 0.15) is 0 Å². The zero-order valence-corrected chi connectivity index (χ0v) is 13.7. The van der Waals surface area contributed by atoms with E-state index in [-0.39, 0.29) is 5.95 Å². The van der Waals surface area contributed by atoms with E-state index in [1.165, 1.54) is 22.9 Å². The SMILES string of the molecule is CCN(CC)c1nc(N)nc(Sc2cc(C)ccc2C)n1. The van der Waals surface area contributed by atoms with Crippen LogP contribution >= 0.6 is 11.8 Å². The average molecular weight is 303 g/mol. The summed E-state index contributed by atoms with van der Waals surface area (Å²) in [7, 11) is 0. The summed E-state index contributed by atoms with van der Waals surface area (Å²) in [6.45, 7) is 9.98. The maximum Gasteiger partial charge on any atom is 0.231 e. The van der Waals surface area contributed by atoms with Gasteiger partial charge in [-0.2, -0.15) is 15.0 Å². The molecule has 1 aromatic heterocycles. The van der Waals surface area contributed by atoms with E-state index in [1.54, 1.807) is 0 Å². The topological polar surface area (TPSA) is 67.9 Å². The molecule has 2 aromatic rings. The third-order valence-electron chi connectivity index (χ3n) is 3.21. The number of benzene rings is 1. The molecule has 0 aliphatic carbocycles. The second-order valence-corrected chi connectivity index (χ2v) is 5.83. The Morgan fingerprint density at radius 3 is 2.48 bits per heavy atom. The molecule has 2 N–H and O–H groups in total. The minimum Gasteiger partial charge on any atom is -0.368 e. The Morgan fingerprint density at radius 1 is 1.10 bits per heavy atom. The molecule has 0 saturated heterocycles.